The van der Waals surface area contributed by atoms with Crippen LogP contribution in [0.25, 0.3) is 0 Å². The molecule has 0 radical (unpaired) electrons. The number of aryl methyl sites for hydroxylation is 1. The number of hydrogen-bond acceptors (Lipinski definition) is 6. The molecule has 186 valence electrons. The van der Waals surface area contributed by atoms with Gasteiger partial charge in [-0.3, -0.25) is 9.69 Å². The molecule has 1 saturated heterocycles. The van der Waals surface area contributed by atoms with Gasteiger partial charge in [0.05, 0.1) is 10.7 Å². The number of piperazine rings is 1. The van der Waals surface area contributed by atoms with Crippen LogP contribution in [-0.2, 0) is 25.5 Å². The molecule has 0 aliphatic carbocycles. The Morgan fingerprint density at radius 1 is 0.971 bits per heavy atom. The molecule has 1 N–H and O–H groups in total. The molecular weight excluding hydrogens is 470 g/mol. The summed E-state index contributed by atoms with van der Waals surface area (Å²) in [5.41, 5.74) is 2.99. The van der Waals surface area contributed by atoms with E-state index in [1.807, 2.05) is 48.5 Å². The predicted molar refractivity (Wildman–Crippen MR) is 134 cm³/mol. The Labute approximate surface area is 210 Å². The maximum atomic E-state index is 12.8. The first-order chi connectivity index (χ1) is 16.9. The molecule has 1 atom stereocenters. The van der Waals surface area contributed by atoms with E-state index in [9.17, 15) is 14.4 Å². The molecule has 1 unspecified atom stereocenters. The topological polar surface area (TPSA) is 90.4 Å². The van der Waals surface area contributed by atoms with Crippen LogP contribution in [0.1, 0.15) is 24.8 Å². The molecular formula is C26H30ClN3O5. The van der Waals surface area contributed by atoms with Gasteiger partial charge in [-0.2, -0.15) is 0 Å². The van der Waals surface area contributed by atoms with E-state index < -0.39 is 18.0 Å². The number of nitrogens with zero attached hydrogens (tertiary/aromatic N) is 3. The van der Waals surface area contributed by atoms with Gasteiger partial charge < -0.3 is 19.6 Å². The van der Waals surface area contributed by atoms with Crippen molar-refractivity contribution in [3.05, 3.63) is 59.1 Å². The van der Waals surface area contributed by atoms with Gasteiger partial charge in [0.2, 0.25) is 5.91 Å². The molecule has 2 heterocycles. The van der Waals surface area contributed by atoms with E-state index in [4.69, 9.17) is 21.4 Å². The molecule has 9 heteroatoms. The Hall–Kier alpha value is -3.10. The number of carbonyl (C=O) groups excluding carboxylic acids is 2. The molecule has 2 aliphatic rings. The Morgan fingerprint density at radius 2 is 1.66 bits per heavy atom. The van der Waals surface area contributed by atoms with Crippen molar-refractivity contribution in [2.75, 3.05) is 49.1 Å². The smallest absolute Gasteiger partial charge is 0.417 e. The highest BCUT2D eigenvalue weighted by molar-refractivity contribution is 6.33. The Morgan fingerprint density at radius 3 is 2.37 bits per heavy atom. The number of benzene rings is 2. The predicted octanol–water partition coefficient (Wildman–Crippen LogP) is 3.22. The third-order valence-corrected chi connectivity index (χ3v) is 6.89. The third kappa shape index (κ3) is 6.32. The largest absolute Gasteiger partial charge is 0.473 e. The number of esters is 1. The average Bonchev–Trinajstić information content (AvgIpc) is 3.01. The number of anilines is 2. The van der Waals surface area contributed by atoms with Crippen molar-refractivity contribution in [1.29, 1.82) is 0 Å². The minimum atomic E-state index is -1.62. The standard InChI is InChI=1S/C26H30ClN3O5/c27-21-8-2-4-10-23(21)29-16-14-28(15-17-29)18-20(35-26(34)25(32)33)12-13-30-22-9-3-1-6-19(22)7-5-11-24(30)31/h1-4,6,8-10,20H,5,7,11-18H2,(H,32,33). The van der Waals surface area contributed by atoms with Crippen LogP contribution < -0.4 is 9.80 Å². The van der Waals surface area contributed by atoms with Crippen molar-refractivity contribution in [1.82, 2.24) is 4.90 Å². The molecule has 35 heavy (non-hydrogen) atoms. The van der Waals surface area contributed by atoms with E-state index in [-0.39, 0.29) is 5.91 Å². The molecule has 1 amide bonds. The minimum Gasteiger partial charge on any atom is -0.473 e. The number of hydrogen-bond donors (Lipinski definition) is 1. The molecule has 8 nitrogen and oxygen atoms in total. The monoisotopic (exact) mass is 499 g/mol. The van der Waals surface area contributed by atoms with Crippen LogP contribution in [0.2, 0.25) is 5.02 Å². The van der Waals surface area contributed by atoms with Crippen molar-refractivity contribution in [2.24, 2.45) is 0 Å². The number of amides is 1. The number of rotatable bonds is 7. The van der Waals surface area contributed by atoms with Crippen molar-refractivity contribution >= 4 is 40.8 Å². The molecule has 0 bridgehead atoms. The van der Waals surface area contributed by atoms with Gasteiger partial charge in [0.15, 0.2) is 0 Å². The van der Waals surface area contributed by atoms with Crippen LogP contribution in [0.3, 0.4) is 0 Å². The summed E-state index contributed by atoms with van der Waals surface area (Å²) < 4.78 is 5.34. The molecule has 0 aromatic heterocycles. The number of carboxylic acid groups (broad SMARTS) is 1. The third-order valence-electron chi connectivity index (χ3n) is 6.57. The van der Waals surface area contributed by atoms with Gasteiger partial charge in [0.25, 0.3) is 0 Å². The lowest BCUT2D eigenvalue weighted by atomic mass is 10.1. The first kappa shape index (κ1) is 25.0. The maximum Gasteiger partial charge on any atom is 0.417 e. The SMILES string of the molecule is O=C(O)C(=O)OC(CCN1C(=O)CCCc2ccccc21)CN1CCN(c2ccccc2Cl)CC1. The van der Waals surface area contributed by atoms with Crippen LogP contribution in [0.15, 0.2) is 48.5 Å². The molecule has 0 saturated carbocycles. The van der Waals surface area contributed by atoms with Gasteiger partial charge in [0.1, 0.15) is 6.10 Å². The fourth-order valence-corrected chi connectivity index (χ4v) is 5.02. The lowest BCUT2D eigenvalue weighted by Gasteiger charge is -2.38. The van der Waals surface area contributed by atoms with Crippen LogP contribution in [0.5, 0.6) is 0 Å². The van der Waals surface area contributed by atoms with Gasteiger partial charge in [-0.1, -0.05) is 41.9 Å². The highest BCUT2D eigenvalue weighted by atomic mass is 35.5. The Kier molecular flexibility index (Phi) is 8.25. The van der Waals surface area contributed by atoms with Gasteiger partial charge in [-0.15, -0.1) is 0 Å². The summed E-state index contributed by atoms with van der Waals surface area (Å²) in [6.07, 6.45) is 1.79. The minimum absolute atomic E-state index is 0.0339. The van der Waals surface area contributed by atoms with E-state index in [0.29, 0.717) is 31.0 Å². The number of carboxylic acids is 1. The summed E-state index contributed by atoms with van der Waals surface area (Å²) >= 11 is 6.34. The number of ether oxygens (including phenoxy) is 1. The van der Waals surface area contributed by atoms with Crippen LogP contribution in [-0.4, -0.2) is 73.2 Å². The van der Waals surface area contributed by atoms with E-state index >= 15 is 0 Å². The van der Waals surface area contributed by atoms with Crippen molar-refractivity contribution in [3.63, 3.8) is 0 Å². The normalized spacial score (nSPS) is 17.5. The summed E-state index contributed by atoms with van der Waals surface area (Å²) in [6, 6.07) is 15.6. The summed E-state index contributed by atoms with van der Waals surface area (Å²) in [5.74, 6) is -2.85. The van der Waals surface area contributed by atoms with E-state index in [0.717, 1.165) is 56.0 Å². The van der Waals surface area contributed by atoms with Gasteiger partial charge in [-0.25, -0.2) is 9.59 Å². The van der Waals surface area contributed by atoms with Crippen molar-refractivity contribution < 1.29 is 24.2 Å². The number of aliphatic carboxylic acids is 1. The molecule has 0 spiro atoms. The van der Waals surface area contributed by atoms with E-state index in [1.54, 1.807) is 4.90 Å². The number of para-hydroxylation sites is 2. The second-order valence-electron chi connectivity index (χ2n) is 8.89. The quantitative estimate of drug-likeness (QED) is 0.462. The average molecular weight is 500 g/mol. The number of carbonyl (C=O) groups is 3. The first-order valence-corrected chi connectivity index (χ1v) is 12.3. The fourth-order valence-electron chi connectivity index (χ4n) is 4.76. The second kappa shape index (κ2) is 11.6. The zero-order valence-electron chi connectivity index (χ0n) is 19.6. The summed E-state index contributed by atoms with van der Waals surface area (Å²) in [7, 11) is 0. The zero-order valence-corrected chi connectivity index (χ0v) is 20.3. The van der Waals surface area contributed by atoms with Crippen molar-refractivity contribution in [2.45, 2.75) is 31.8 Å². The molecule has 2 aromatic rings. The first-order valence-electron chi connectivity index (χ1n) is 12.0. The summed E-state index contributed by atoms with van der Waals surface area (Å²) in [5, 5.41) is 9.78. The van der Waals surface area contributed by atoms with Crippen molar-refractivity contribution in [3.8, 4) is 0 Å². The second-order valence-corrected chi connectivity index (χ2v) is 9.30. The van der Waals surface area contributed by atoms with E-state index in [1.165, 1.54) is 0 Å². The van der Waals surface area contributed by atoms with Gasteiger partial charge in [-0.05, 0) is 36.6 Å². The van der Waals surface area contributed by atoms with Gasteiger partial charge >= 0.3 is 11.9 Å². The summed E-state index contributed by atoms with van der Waals surface area (Å²) in [4.78, 5) is 42.0. The lowest BCUT2D eigenvalue weighted by Crippen LogP contribution is -2.49. The summed E-state index contributed by atoms with van der Waals surface area (Å²) in [6.45, 7) is 3.70. The zero-order chi connectivity index (χ0) is 24.8. The Bertz CT molecular complexity index is 1070. The van der Waals surface area contributed by atoms with Crippen LogP contribution in [0, 0.1) is 0 Å². The molecule has 2 aromatic carbocycles. The highest BCUT2D eigenvalue weighted by Gasteiger charge is 2.28. The van der Waals surface area contributed by atoms with Crippen LogP contribution >= 0.6 is 11.6 Å². The Balaban J connectivity index is 1.40. The van der Waals surface area contributed by atoms with Crippen LogP contribution in [0.4, 0.5) is 11.4 Å². The fraction of sp³-hybridized carbons (Fsp3) is 0.423. The maximum absolute atomic E-state index is 12.8. The molecule has 1 fully saturated rings. The number of fused-ring (bicyclic) bond motifs is 1. The van der Waals surface area contributed by atoms with Gasteiger partial charge in [0, 0.05) is 57.8 Å². The number of halogens is 1. The highest BCUT2D eigenvalue weighted by Crippen LogP contribution is 2.28. The molecule has 2 aliphatic heterocycles. The molecule has 4 rings (SSSR count). The van der Waals surface area contributed by atoms with E-state index in [2.05, 4.69) is 9.80 Å². The lowest BCUT2D eigenvalue weighted by molar-refractivity contribution is -0.168.